The van der Waals surface area contributed by atoms with E-state index >= 15 is 0 Å². The molecule has 3 rings (SSSR count). The minimum absolute atomic E-state index is 0.0715. The summed E-state index contributed by atoms with van der Waals surface area (Å²) in [6, 6.07) is 19.3. The highest BCUT2D eigenvalue weighted by Gasteiger charge is 2.28. The number of nitriles is 1. The lowest BCUT2D eigenvalue weighted by Gasteiger charge is -2.12. The number of nitrogens with one attached hydrogen (secondary N) is 1. The molecule has 7 heteroatoms. The van der Waals surface area contributed by atoms with Crippen molar-refractivity contribution in [3.05, 3.63) is 72.3 Å². The molecule has 3 aromatic rings. The van der Waals surface area contributed by atoms with Gasteiger partial charge in [-0.3, -0.25) is 9.59 Å². The third-order valence-electron chi connectivity index (χ3n) is 4.04. The Bertz CT molecular complexity index is 1070. The maximum atomic E-state index is 12.6. The molecule has 0 heterocycles. The molecule has 0 fully saturated rings. The maximum Gasteiger partial charge on any atom is 0.387 e. The summed E-state index contributed by atoms with van der Waals surface area (Å²) < 4.78 is 29.0. The Morgan fingerprint density at radius 3 is 2.46 bits per heavy atom. The number of anilines is 1. The number of hydrogen-bond donors (Lipinski definition) is 1. The quantitative estimate of drug-likeness (QED) is 0.508. The average Bonchev–Trinajstić information content (AvgIpc) is 2.68. The molecule has 1 atom stereocenters. The van der Waals surface area contributed by atoms with Gasteiger partial charge in [0.15, 0.2) is 11.7 Å². The molecule has 1 unspecified atom stereocenters. The first-order chi connectivity index (χ1) is 13.5. The van der Waals surface area contributed by atoms with E-state index in [4.69, 9.17) is 0 Å². The molecule has 0 aliphatic carbocycles. The topological polar surface area (TPSA) is 79.2 Å². The van der Waals surface area contributed by atoms with Crippen LogP contribution in [-0.4, -0.2) is 18.3 Å². The number of ether oxygens (including phenoxy) is 1. The van der Waals surface area contributed by atoms with E-state index in [0.29, 0.717) is 5.69 Å². The lowest BCUT2D eigenvalue weighted by molar-refractivity contribution is -0.117. The minimum atomic E-state index is -3.05. The van der Waals surface area contributed by atoms with Gasteiger partial charge in [0.25, 0.3) is 0 Å². The van der Waals surface area contributed by atoms with E-state index in [1.807, 2.05) is 18.2 Å². The summed E-state index contributed by atoms with van der Waals surface area (Å²) >= 11 is 0. The molecule has 0 radical (unpaired) electrons. The van der Waals surface area contributed by atoms with Crippen molar-refractivity contribution >= 4 is 28.2 Å². The first-order valence-corrected chi connectivity index (χ1v) is 8.27. The molecule has 1 amide bonds. The van der Waals surface area contributed by atoms with E-state index in [1.165, 1.54) is 18.2 Å². The highest BCUT2D eigenvalue weighted by atomic mass is 19.3. The van der Waals surface area contributed by atoms with Crippen LogP contribution in [0.5, 0.6) is 5.75 Å². The zero-order valence-electron chi connectivity index (χ0n) is 14.4. The molecule has 140 valence electrons. The van der Waals surface area contributed by atoms with Crippen molar-refractivity contribution in [2.24, 2.45) is 5.92 Å². The average molecular weight is 380 g/mol. The number of carbonyl (C=O) groups excluding carboxylic acids is 2. The molecule has 0 aromatic heterocycles. The van der Waals surface area contributed by atoms with E-state index in [2.05, 4.69) is 10.1 Å². The van der Waals surface area contributed by atoms with Crippen LogP contribution in [0.3, 0.4) is 0 Å². The van der Waals surface area contributed by atoms with Gasteiger partial charge < -0.3 is 10.1 Å². The highest BCUT2D eigenvalue weighted by Crippen LogP contribution is 2.24. The molecule has 0 bridgehead atoms. The number of alkyl halides is 2. The first-order valence-electron chi connectivity index (χ1n) is 8.27. The number of hydrogen-bond acceptors (Lipinski definition) is 4. The van der Waals surface area contributed by atoms with Crippen LogP contribution in [0.1, 0.15) is 10.4 Å². The fourth-order valence-electron chi connectivity index (χ4n) is 2.77. The normalized spacial score (nSPS) is 11.6. The van der Waals surface area contributed by atoms with E-state index in [0.717, 1.165) is 16.8 Å². The van der Waals surface area contributed by atoms with Gasteiger partial charge >= 0.3 is 6.61 Å². The van der Waals surface area contributed by atoms with Gasteiger partial charge in [0.05, 0.1) is 6.07 Å². The van der Waals surface area contributed by atoms with Crippen LogP contribution in [0, 0.1) is 17.2 Å². The van der Waals surface area contributed by atoms with Crippen LogP contribution in [-0.2, 0) is 4.79 Å². The van der Waals surface area contributed by atoms with Gasteiger partial charge in [-0.1, -0.05) is 48.5 Å². The predicted molar refractivity (Wildman–Crippen MR) is 99.1 cm³/mol. The molecule has 28 heavy (non-hydrogen) atoms. The second-order valence-electron chi connectivity index (χ2n) is 5.85. The van der Waals surface area contributed by atoms with E-state index in [-0.39, 0.29) is 11.3 Å². The Kier molecular flexibility index (Phi) is 5.61. The number of halogens is 2. The third-order valence-corrected chi connectivity index (χ3v) is 4.04. The van der Waals surface area contributed by atoms with Crippen molar-refractivity contribution in [3.8, 4) is 11.8 Å². The summed E-state index contributed by atoms with van der Waals surface area (Å²) in [7, 11) is 0. The summed E-state index contributed by atoms with van der Waals surface area (Å²) in [5, 5.41) is 13.6. The van der Waals surface area contributed by atoms with Gasteiger partial charge in [-0.15, -0.1) is 0 Å². The van der Waals surface area contributed by atoms with E-state index in [1.54, 1.807) is 30.3 Å². The Hall–Kier alpha value is -3.79. The van der Waals surface area contributed by atoms with Gasteiger partial charge in [-0.05, 0) is 23.6 Å². The fraction of sp³-hybridized carbons (Fsp3) is 0.0952. The number of rotatable bonds is 6. The number of ketones is 1. The van der Waals surface area contributed by atoms with Crippen LogP contribution in [0.25, 0.3) is 10.8 Å². The smallest absolute Gasteiger partial charge is 0.387 e. The van der Waals surface area contributed by atoms with Crippen molar-refractivity contribution in [1.82, 2.24) is 0 Å². The molecular weight excluding hydrogens is 366 g/mol. The minimum Gasteiger partial charge on any atom is -0.435 e. The molecular formula is C21H14F2N2O3. The summed E-state index contributed by atoms with van der Waals surface area (Å²) in [6.45, 7) is -3.05. The molecule has 0 aliphatic heterocycles. The second kappa shape index (κ2) is 8.27. The van der Waals surface area contributed by atoms with Crippen LogP contribution in [0.2, 0.25) is 0 Å². The second-order valence-corrected chi connectivity index (χ2v) is 5.85. The monoisotopic (exact) mass is 380 g/mol. The lowest BCUT2D eigenvalue weighted by Crippen LogP contribution is -2.28. The van der Waals surface area contributed by atoms with E-state index in [9.17, 15) is 23.6 Å². The van der Waals surface area contributed by atoms with Crippen molar-refractivity contribution in [3.63, 3.8) is 0 Å². The SMILES string of the molecule is N#CC(C(=O)Nc1cccc2ccccc12)C(=O)c1cccc(OC(F)F)c1. The molecule has 3 aromatic carbocycles. The molecule has 0 spiro atoms. The zero-order valence-corrected chi connectivity index (χ0v) is 14.4. The number of fused-ring (bicyclic) bond motifs is 1. The van der Waals surface area contributed by atoms with Crippen molar-refractivity contribution in [2.75, 3.05) is 5.32 Å². The highest BCUT2D eigenvalue weighted by molar-refractivity contribution is 6.17. The Labute approximate surface area is 159 Å². The molecule has 1 N–H and O–H groups in total. The number of benzene rings is 3. The van der Waals surface area contributed by atoms with Crippen LogP contribution in [0.15, 0.2) is 66.7 Å². The summed E-state index contributed by atoms with van der Waals surface area (Å²) in [6.07, 6.45) is 0. The Morgan fingerprint density at radius 1 is 1.00 bits per heavy atom. The summed E-state index contributed by atoms with van der Waals surface area (Å²) in [5.74, 6) is -3.48. The maximum absolute atomic E-state index is 12.6. The number of Topliss-reactive ketones (excluding diaryl/α,β-unsaturated/α-hetero) is 1. The van der Waals surface area contributed by atoms with E-state index < -0.39 is 24.2 Å². The van der Waals surface area contributed by atoms with Crippen LogP contribution < -0.4 is 10.1 Å². The third kappa shape index (κ3) is 4.13. The summed E-state index contributed by atoms with van der Waals surface area (Å²) in [4.78, 5) is 25.1. The fourth-order valence-corrected chi connectivity index (χ4v) is 2.77. The zero-order chi connectivity index (χ0) is 20.1. The Morgan fingerprint density at radius 2 is 1.71 bits per heavy atom. The molecule has 0 saturated heterocycles. The number of carbonyl (C=O) groups is 2. The van der Waals surface area contributed by atoms with Crippen molar-refractivity contribution in [1.29, 1.82) is 5.26 Å². The molecule has 0 aliphatic rings. The van der Waals surface area contributed by atoms with Gasteiger partial charge in [0.2, 0.25) is 5.91 Å². The van der Waals surface area contributed by atoms with Crippen molar-refractivity contribution < 1.29 is 23.1 Å². The Balaban J connectivity index is 1.84. The van der Waals surface area contributed by atoms with Crippen LogP contribution >= 0.6 is 0 Å². The summed E-state index contributed by atoms with van der Waals surface area (Å²) in [5.41, 5.74) is 0.392. The van der Waals surface area contributed by atoms with Gasteiger partial charge in [0.1, 0.15) is 5.75 Å². The standard InChI is InChI=1S/C21H14F2N2O3/c22-21(23)28-15-8-3-7-14(11-15)19(26)17(12-24)20(27)25-18-10-4-6-13-5-1-2-9-16(13)18/h1-11,17,21H,(H,25,27). The van der Waals surface area contributed by atoms with Gasteiger partial charge in [-0.2, -0.15) is 14.0 Å². The van der Waals surface area contributed by atoms with Crippen molar-refractivity contribution in [2.45, 2.75) is 6.61 Å². The predicted octanol–water partition coefficient (Wildman–Crippen LogP) is 4.40. The number of amides is 1. The van der Waals surface area contributed by atoms with Crippen LogP contribution in [0.4, 0.5) is 14.5 Å². The van der Waals surface area contributed by atoms with Gasteiger partial charge in [0, 0.05) is 16.6 Å². The largest absolute Gasteiger partial charge is 0.435 e. The van der Waals surface area contributed by atoms with Gasteiger partial charge in [-0.25, -0.2) is 0 Å². The first kappa shape index (κ1) is 19.0. The lowest BCUT2D eigenvalue weighted by atomic mass is 9.97. The molecule has 5 nitrogen and oxygen atoms in total. The molecule has 0 saturated carbocycles. The number of nitrogens with zero attached hydrogens (tertiary/aromatic N) is 1.